The summed E-state index contributed by atoms with van der Waals surface area (Å²) in [4.78, 5) is 32.7. The van der Waals surface area contributed by atoms with Gasteiger partial charge >= 0.3 is 5.69 Å². The van der Waals surface area contributed by atoms with Crippen molar-refractivity contribution < 1.29 is 0 Å². The van der Waals surface area contributed by atoms with Crippen LogP contribution in [0.25, 0.3) is 11.2 Å². The smallest absolute Gasteiger partial charge is 0.332 e. The van der Waals surface area contributed by atoms with Gasteiger partial charge in [-0.05, 0) is 25.7 Å². The Balaban J connectivity index is 1.91. The number of aromatic nitrogens is 4. The van der Waals surface area contributed by atoms with E-state index in [1.54, 1.807) is 7.05 Å². The van der Waals surface area contributed by atoms with Crippen LogP contribution in [-0.2, 0) is 20.1 Å². The van der Waals surface area contributed by atoms with Gasteiger partial charge in [-0.25, -0.2) is 4.79 Å². The molecule has 3 heterocycles. The minimum Gasteiger partial charge on any atom is -0.339 e. The molecule has 7 nitrogen and oxygen atoms in total. The quantitative estimate of drug-likeness (QED) is 0.852. The summed E-state index contributed by atoms with van der Waals surface area (Å²) in [5.74, 6) is 0.884. The highest BCUT2D eigenvalue weighted by Gasteiger charge is 2.30. The monoisotopic (exact) mass is 345 g/mol. The zero-order valence-corrected chi connectivity index (χ0v) is 15.2. The third-order valence-corrected chi connectivity index (χ3v) is 5.71. The molecule has 0 unspecified atom stereocenters. The molecule has 7 heteroatoms. The number of imidazole rings is 1. The summed E-state index contributed by atoms with van der Waals surface area (Å²) in [6, 6.07) is 0.513. The van der Waals surface area contributed by atoms with Crippen LogP contribution in [0.1, 0.15) is 51.9 Å². The number of aryl methyl sites for hydroxylation is 2. The van der Waals surface area contributed by atoms with Crippen LogP contribution < -0.4 is 16.1 Å². The first kappa shape index (κ1) is 16.4. The zero-order chi connectivity index (χ0) is 17.6. The van der Waals surface area contributed by atoms with E-state index in [2.05, 4.69) is 9.47 Å². The normalized spacial score (nSPS) is 18.7. The summed E-state index contributed by atoms with van der Waals surface area (Å²) in [5, 5.41) is 0. The van der Waals surface area contributed by atoms with Crippen LogP contribution in [0.5, 0.6) is 0 Å². The highest BCUT2D eigenvalue weighted by molar-refractivity contribution is 5.75. The van der Waals surface area contributed by atoms with Gasteiger partial charge in [-0.3, -0.25) is 13.9 Å². The molecule has 136 valence electrons. The number of fused-ring (bicyclic) bond motifs is 3. The van der Waals surface area contributed by atoms with Gasteiger partial charge in [0.25, 0.3) is 5.56 Å². The van der Waals surface area contributed by atoms with E-state index in [9.17, 15) is 9.59 Å². The van der Waals surface area contributed by atoms with E-state index < -0.39 is 0 Å². The molecule has 0 spiro atoms. The molecule has 1 saturated carbocycles. The fourth-order valence-corrected chi connectivity index (χ4v) is 4.45. The molecule has 2 aromatic rings. The van der Waals surface area contributed by atoms with E-state index in [0.29, 0.717) is 23.8 Å². The fourth-order valence-electron chi connectivity index (χ4n) is 4.45. The van der Waals surface area contributed by atoms with Crippen molar-refractivity contribution in [2.75, 3.05) is 11.4 Å². The maximum atomic E-state index is 13.0. The molecule has 0 bridgehead atoms. The zero-order valence-electron chi connectivity index (χ0n) is 15.2. The second-order valence-corrected chi connectivity index (χ2v) is 7.37. The summed E-state index contributed by atoms with van der Waals surface area (Å²) in [6.07, 6.45) is 8.02. The van der Waals surface area contributed by atoms with Gasteiger partial charge < -0.3 is 9.47 Å². The van der Waals surface area contributed by atoms with E-state index >= 15 is 0 Å². The van der Waals surface area contributed by atoms with Crippen molar-refractivity contribution in [2.45, 2.75) is 71.0 Å². The van der Waals surface area contributed by atoms with Crippen LogP contribution in [0.15, 0.2) is 9.59 Å². The molecule has 0 aromatic carbocycles. The number of hydrogen-bond donors (Lipinski definition) is 0. The van der Waals surface area contributed by atoms with Crippen molar-refractivity contribution >= 4 is 17.1 Å². The largest absolute Gasteiger partial charge is 0.339 e. The summed E-state index contributed by atoms with van der Waals surface area (Å²) in [5.41, 5.74) is 0.661. The first-order chi connectivity index (χ1) is 12.1. The lowest BCUT2D eigenvalue weighted by molar-refractivity contribution is 0.391. The van der Waals surface area contributed by atoms with Crippen LogP contribution >= 0.6 is 0 Å². The molecular formula is C18H27N5O2. The van der Waals surface area contributed by atoms with Gasteiger partial charge in [-0.15, -0.1) is 0 Å². The van der Waals surface area contributed by atoms with Crippen molar-refractivity contribution in [1.82, 2.24) is 18.7 Å². The van der Waals surface area contributed by atoms with Crippen molar-refractivity contribution in [3.63, 3.8) is 0 Å². The first-order valence-electron chi connectivity index (χ1n) is 9.60. The Hall–Kier alpha value is -2.05. The van der Waals surface area contributed by atoms with Gasteiger partial charge in [-0.1, -0.05) is 26.2 Å². The highest BCUT2D eigenvalue weighted by Crippen LogP contribution is 2.31. The van der Waals surface area contributed by atoms with Crippen LogP contribution in [0.4, 0.5) is 5.95 Å². The molecule has 4 rings (SSSR count). The van der Waals surface area contributed by atoms with Gasteiger partial charge in [0.2, 0.25) is 5.95 Å². The van der Waals surface area contributed by atoms with E-state index in [1.165, 1.54) is 41.2 Å². The Morgan fingerprint density at radius 2 is 1.84 bits per heavy atom. The molecule has 1 fully saturated rings. The Morgan fingerprint density at radius 3 is 2.56 bits per heavy atom. The number of anilines is 1. The van der Waals surface area contributed by atoms with E-state index in [-0.39, 0.29) is 11.2 Å². The fraction of sp³-hybridized carbons (Fsp3) is 0.722. The van der Waals surface area contributed by atoms with Crippen molar-refractivity contribution in [3.05, 3.63) is 20.8 Å². The summed E-state index contributed by atoms with van der Waals surface area (Å²) >= 11 is 0. The number of nitrogens with zero attached hydrogens (tertiary/aromatic N) is 5. The molecular weight excluding hydrogens is 318 g/mol. The molecule has 1 aliphatic carbocycles. The van der Waals surface area contributed by atoms with Gasteiger partial charge in [0.1, 0.15) is 0 Å². The minimum absolute atomic E-state index is 0.191. The van der Waals surface area contributed by atoms with Gasteiger partial charge in [0.15, 0.2) is 11.2 Å². The maximum Gasteiger partial charge on any atom is 0.332 e. The second-order valence-electron chi connectivity index (χ2n) is 7.37. The molecule has 1 aliphatic heterocycles. The van der Waals surface area contributed by atoms with Crippen LogP contribution in [0.3, 0.4) is 0 Å². The van der Waals surface area contributed by atoms with Crippen LogP contribution in [0.2, 0.25) is 0 Å². The van der Waals surface area contributed by atoms with Gasteiger partial charge in [0.05, 0.1) is 0 Å². The van der Waals surface area contributed by atoms with E-state index in [1.807, 2.05) is 6.92 Å². The predicted octanol–water partition coefficient (Wildman–Crippen LogP) is 1.85. The molecule has 0 atom stereocenters. The van der Waals surface area contributed by atoms with E-state index in [4.69, 9.17) is 4.98 Å². The average Bonchev–Trinajstić information content (AvgIpc) is 3.04. The summed E-state index contributed by atoms with van der Waals surface area (Å²) in [6.45, 7) is 4.22. The minimum atomic E-state index is -0.265. The molecule has 0 amide bonds. The Morgan fingerprint density at radius 1 is 1.08 bits per heavy atom. The van der Waals surface area contributed by atoms with Crippen LogP contribution in [-0.4, -0.2) is 31.3 Å². The van der Waals surface area contributed by atoms with Gasteiger partial charge in [0, 0.05) is 32.7 Å². The Bertz CT molecular complexity index is 901. The molecule has 0 N–H and O–H groups in total. The lowest BCUT2D eigenvalue weighted by Crippen LogP contribution is -2.42. The lowest BCUT2D eigenvalue weighted by atomic mass is 9.94. The second kappa shape index (κ2) is 6.35. The summed E-state index contributed by atoms with van der Waals surface area (Å²) < 4.78 is 4.95. The van der Waals surface area contributed by atoms with Crippen molar-refractivity contribution in [1.29, 1.82) is 0 Å². The topological polar surface area (TPSA) is 65.1 Å². The van der Waals surface area contributed by atoms with Crippen molar-refractivity contribution in [2.24, 2.45) is 7.05 Å². The molecule has 0 radical (unpaired) electrons. The molecule has 0 saturated heterocycles. The van der Waals surface area contributed by atoms with Gasteiger partial charge in [-0.2, -0.15) is 4.98 Å². The number of rotatable bonds is 3. The Labute approximate surface area is 146 Å². The van der Waals surface area contributed by atoms with Crippen molar-refractivity contribution in [3.8, 4) is 0 Å². The third kappa shape index (κ3) is 2.51. The molecule has 2 aromatic heterocycles. The number of hydrogen-bond acceptors (Lipinski definition) is 4. The molecule has 2 aliphatic rings. The van der Waals surface area contributed by atoms with E-state index in [0.717, 1.165) is 31.9 Å². The Kier molecular flexibility index (Phi) is 4.17. The first-order valence-corrected chi connectivity index (χ1v) is 9.60. The summed E-state index contributed by atoms with van der Waals surface area (Å²) in [7, 11) is 1.72. The standard InChI is InChI=1S/C18H27N5O2/c1-3-10-23-16(24)14-15(20(2)18(23)25)19-17-21(11-7-12-22(14)17)13-8-5-4-6-9-13/h13H,3-12H2,1-2H3. The third-order valence-electron chi connectivity index (χ3n) is 5.71. The average molecular weight is 345 g/mol. The van der Waals surface area contributed by atoms with Crippen LogP contribution in [0, 0.1) is 0 Å². The lowest BCUT2D eigenvalue weighted by Gasteiger charge is -2.37. The predicted molar refractivity (Wildman–Crippen MR) is 98.4 cm³/mol. The highest BCUT2D eigenvalue weighted by atomic mass is 16.2. The SMILES string of the molecule is CCCn1c(=O)c2c(nc3n2CCCN3C2CCCCC2)n(C)c1=O. The molecule has 25 heavy (non-hydrogen) atoms. The maximum absolute atomic E-state index is 13.0.